The van der Waals surface area contributed by atoms with Crippen molar-refractivity contribution >= 4 is 5.91 Å². The van der Waals surface area contributed by atoms with Crippen LogP contribution in [0.5, 0.6) is 0 Å². The lowest BCUT2D eigenvalue weighted by molar-refractivity contribution is -0.123. The second-order valence-electron chi connectivity index (χ2n) is 8.84. The van der Waals surface area contributed by atoms with Crippen molar-refractivity contribution in [3.05, 3.63) is 34.6 Å². The summed E-state index contributed by atoms with van der Waals surface area (Å²) in [4.78, 5) is 14.3. The summed E-state index contributed by atoms with van der Waals surface area (Å²) in [7, 11) is 1.87. The topological polar surface area (TPSA) is 38.8 Å². The summed E-state index contributed by atoms with van der Waals surface area (Å²) in [6.07, 6.45) is 7.68. The van der Waals surface area contributed by atoms with Crippen LogP contribution in [0, 0.1) is 11.3 Å². The fraction of sp³-hybridized carbons (Fsp3) is 0.696. The molecule has 4 heteroatoms. The first kappa shape index (κ1) is 20.3. The molecule has 0 saturated heterocycles. The molecule has 3 rings (SSSR count). The Bertz CT molecular complexity index is 702. The Hall–Kier alpha value is -1.39. The maximum atomic E-state index is 12.5. The van der Waals surface area contributed by atoms with E-state index in [-0.39, 0.29) is 29.6 Å². The largest absolute Gasteiger partial charge is 0.375 e. The molecule has 0 spiro atoms. The SMILES string of the molecule is CCCCO[C@H]1[C@H](OC(C)C)C=C2C=C3C(=C(C)C(=O)N3C)C[C@]2(C)[C@H]1C. The Morgan fingerprint density at radius 2 is 2.07 bits per heavy atom. The number of hydrogen-bond donors (Lipinski definition) is 0. The number of amides is 1. The molecule has 0 aromatic heterocycles. The van der Waals surface area contributed by atoms with E-state index in [9.17, 15) is 4.79 Å². The summed E-state index contributed by atoms with van der Waals surface area (Å²) in [5, 5.41) is 0. The Kier molecular flexibility index (Phi) is 5.69. The molecule has 0 aromatic carbocycles. The predicted molar refractivity (Wildman–Crippen MR) is 108 cm³/mol. The van der Waals surface area contributed by atoms with Gasteiger partial charge < -0.3 is 14.4 Å². The third-order valence-corrected chi connectivity index (χ3v) is 6.65. The molecule has 0 radical (unpaired) electrons. The first-order valence-electron chi connectivity index (χ1n) is 10.4. The average molecular weight is 374 g/mol. The molecule has 0 saturated carbocycles. The molecule has 0 N–H and O–H groups in total. The van der Waals surface area contributed by atoms with Crippen LogP contribution < -0.4 is 0 Å². The fourth-order valence-corrected chi connectivity index (χ4v) is 4.69. The maximum absolute atomic E-state index is 12.5. The zero-order valence-electron chi connectivity index (χ0n) is 18.0. The summed E-state index contributed by atoms with van der Waals surface area (Å²) in [6, 6.07) is 0. The number of fused-ring (bicyclic) bond motifs is 2. The van der Waals surface area contributed by atoms with Crippen LogP contribution in [-0.2, 0) is 14.3 Å². The van der Waals surface area contributed by atoms with Gasteiger partial charge in [-0.3, -0.25) is 4.79 Å². The van der Waals surface area contributed by atoms with Crippen molar-refractivity contribution in [2.75, 3.05) is 13.7 Å². The van der Waals surface area contributed by atoms with Crippen LogP contribution in [0.15, 0.2) is 34.6 Å². The van der Waals surface area contributed by atoms with E-state index < -0.39 is 0 Å². The molecule has 3 aliphatic rings. The van der Waals surface area contributed by atoms with Crippen molar-refractivity contribution in [3.63, 3.8) is 0 Å². The van der Waals surface area contributed by atoms with Gasteiger partial charge in [0.1, 0.15) is 6.10 Å². The summed E-state index contributed by atoms with van der Waals surface area (Å²) in [5.74, 6) is 0.426. The molecule has 4 atom stereocenters. The number of nitrogens with zero attached hydrogens (tertiary/aromatic N) is 1. The molecule has 1 heterocycles. The zero-order chi connectivity index (χ0) is 19.9. The highest BCUT2D eigenvalue weighted by Gasteiger charge is 2.50. The second-order valence-corrected chi connectivity index (χ2v) is 8.84. The van der Waals surface area contributed by atoms with Gasteiger partial charge in [0.25, 0.3) is 5.91 Å². The van der Waals surface area contributed by atoms with E-state index in [4.69, 9.17) is 9.47 Å². The minimum Gasteiger partial charge on any atom is -0.375 e. The third kappa shape index (κ3) is 3.42. The van der Waals surface area contributed by atoms with E-state index in [0.29, 0.717) is 5.92 Å². The molecule has 27 heavy (non-hydrogen) atoms. The monoisotopic (exact) mass is 373 g/mol. The number of carbonyl (C=O) groups excluding carboxylic acids is 1. The molecule has 1 amide bonds. The van der Waals surface area contributed by atoms with Gasteiger partial charge in [-0.15, -0.1) is 0 Å². The maximum Gasteiger partial charge on any atom is 0.254 e. The number of carbonyl (C=O) groups is 1. The van der Waals surface area contributed by atoms with Gasteiger partial charge in [-0.25, -0.2) is 0 Å². The third-order valence-electron chi connectivity index (χ3n) is 6.65. The molecule has 0 aromatic rings. The van der Waals surface area contributed by atoms with Gasteiger partial charge in [0.05, 0.1) is 12.2 Å². The number of hydrogen-bond acceptors (Lipinski definition) is 3. The average Bonchev–Trinajstić information content (AvgIpc) is 2.81. The number of ether oxygens (including phenoxy) is 2. The van der Waals surface area contributed by atoms with Gasteiger partial charge in [-0.1, -0.05) is 27.2 Å². The normalized spacial score (nSPS) is 33.3. The van der Waals surface area contributed by atoms with Crippen LogP contribution in [0.3, 0.4) is 0 Å². The second kappa shape index (κ2) is 7.56. The van der Waals surface area contributed by atoms with Crippen LogP contribution in [0.4, 0.5) is 0 Å². The first-order chi connectivity index (χ1) is 12.7. The Balaban J connectivity index is 2.01. The Labute approximate surface area is 164 Å². The molecule has 150 valence electrons. The van der Waals surface area contributed by atoms with Crippen molar-refractivity contribution in [1.82, 2.24) is 4.90 Å². The van der Waals surface area contributed by atoms with E-state index in [0.717, 1.165) is 37.1 Å². The molecular formula is C23H35NO3. The van der Waals surface area contributed by atoms with Gasteiger partial charge in [-0.05, 0) is 62.8 Å². The highest BCUT2D eigenvalue weighted by Crippen LogP contribution is 2.54. The lowest BCUT2D eigenvalue weighted by Gasteiger charge is -2.49. The highest BCUT2D eigenvalue weighted by molar-refractivity contribution is 6.00. The van der Waals surface area contributed by atoms with Crippen LogP contribution in [0.2, 0.25) is 0 Å². The quantitative estimate of drug-likeness (QED) is 0.638. The van der Waals surface area contributed by atoms with Crippen molar-refractivity contribution < 1.29 is 14.3 Å². The summed E-state index contributed by atoms with van der Waals surface area (Å²) >= 11 is 0. The van der Waals surface area contributed by atoms with Crippen molar-refractivity contribution in [3.8, 4) is 0 Å². The molecule has 0 unspecified atom stereocenters. The zero-order valence-corrected chi connectivity index (χ0v) is 18.0. The van der Waals surface area contributed by atoms with E-state index in [1.54, 1.807) is 4.90 Å². The van der Waals surface area contributed by atoms with Crippen LogP contribution in [-0.4, -0.2) is 42.8 Å². The minimum absolute atomic E-state index is 0.0402. The standard InChI is InChI=1S/C23H35NO3/c1-8-9-10-26-21-16(5)23(6)13-18-15(4)22(25)24(7)19(18)11-17(23)12-20(21)27-14(2)3/h11-12,14,16,20-21H,8-10,13H2,1-7H3/t16-,20+,21+,23+/m0/s1. The molecule has 4 nitrogen and oxygen atoms in total. The van der Waals surface area contributed by atoms with Gasteiger partial charge in [-0.2, -0.15) is 0 Å². The Morgan fingerprint density at radius 3 is 2.70 bits per heavy atom. The van der Waals surface area contributed by atoms with Crippen molar-refractivity contribution in [2.45, 2.75) is 79.1 Å². The van der Waals surface area contributed by atoms with Crippen molar-refractivity contribution in [1.29, 1.82) is 0 Å². The minimum atomic E-state index is -0.0502. The fourth-order valence-electron chi connectivity index (χ4n) is 4.69. The predicted octanol–water partition coefficient (Wildman–Crippen LogP) is 4.62. The molecule has 1 aliphatic heterocycles. The molecule has 0 fully saturated rings. The van der Waals surface area contributed by atoms with Gasteiger partial charge >= 0.3 is 0 Å². The molecule has 0 bridgehead atoms. The number of unbranched alkanes of at least 4 members (excludes halogenated alkanes) is 1. The summed E-state index contributed by atoms with van der Waals surface area (Å²) in [6.45, 7) is 13.7. The molecular weight excluding hydrogens is 338 g/mol. The van der Waals surface area contributed by atoms with Crippen LogP contribution in [0.25, 0.3) is 0 Å². The summed E-state index contributed by atoms with van der Waals surface area (Å²) < 4.78 is 12.6. The number of likely N-dealkylation sites (N-methyl/N-ethyl adjacent to an activating group) is 1. The number of rotatable bonds is 6. The first-order valence-corrected chi connectivity index (χ1v) is 10.4. The van der Waals surface area contributed by atoms with Crippen molar-refractivity contribution in [2.24, 2.45) is 11.3 Å². The van der Waals surface area contributed by atoms with Crippen LogP contribution in [0.1, 0.15) is 60.8 Å². The van der Waals surface area contributed by atoms with E-state index >= 15 is 0 Å². The lowest BCUT2D eigenvalue weighted by Crippen LogP contribution is -2.49. The van der Waals surface area contributed by atoms with E-state index in [1.807, 2.05) is 14.0 Å². The van der Waals surface area contributed by atoms with Crippen LogP contribution >= 0.6 is 0 Å². The van der Waals surface area contributed by atoms with Gasteiger partial charge in [0, 0.05) is 30.3 Å². The summed E-state index contributed by atoms with van der Waals surface area (Å²) in [5.41, 5.74) is 4.38. The lowest BCUT2D eigenvalue weighted by atomic mass is 9.59. The Morgan fingerprint density at radius 1 is 1.37 bits per heavy atom. The van der Waals surface area contributed by atoms with Gasteiger partial charge in [0.2, 0.25) is 0 Å². The van der Waals surface area contributed by atoms with Gasteiger partial charge in [0.15, 0.2) is 0 Å². The highest BCUT2D eigenvalue weighted by atomic mass is 16.5. The van der Waals surface area contributed by atoms with E-state index in [2.05, 4.69) is 46.8 Å². The number of allylic oxidation sites excluding steroid dienone is 3. The smallest absolute Gasteiger partial charge is 0.254 e. The molecule has 2 aliphatic carbocycles. The van der Waals surface area contributed by atoms with E-state index in [1.165, 1.54) is 11.1 Å².